The molecule has 1 aliphatic heterocycles. The molecule has 1 amide bonds. The minimum Gasteiger partial charge on any atom is -0.326 e. The fourth-order valence-corrected chi connectivity index (χ4v) is 5.44. The van der Waals surface area contributed by atoms with E-state index in [1.165, 1.54) is 0 Å². The van der Waals surface area contributed by atoms with Gasteiger partial charge in [-0.25, -0.2) is 8.42 Å². The first-order chi connectivity index (χ1) is 13.5. The summed E-state index contributed by atoms with van der Waals surface area (Å²) in [5, 5.41) is 2.84. The van der Waals surface area contributed by atoms with Crippen LogP contribution in [0.3, 0.4) is 0 Å². The van der Waals surface area contributed by atoms with Crippen LogP contribution in [0.5, 0.6) is 0 Å². The summed E-state index contributed by atoms with van der Waals surface area (Å²) in [6.07, 6.45) is 4.80. The highest BCUT2D eigenvalue weighted by atomic mass is 32.2. The molecule has 28 heavy (non-hydrogen) atoms. The van der Waals surface area contributed by atoms with Crippen LogP contribution in [-0.2, 0) is 21.2 Å². The Labute approximate surface area is 167 Å². The Hall–Kier alpha value is -2.18. The predicted octanol–water partition coefficient (Wildman–Crippen LogP) is 4.21. The summed E-state index contributed by atoms with van der Waals surface area (Å²) in [4.78, 5) is 12.4. The largest absolute Gasteiger partial charge is 0.326 e. The second kappa shape index (κ2) is 9.34. The summed E-state index contributed by atoms with van der Waals surface area (Å²) in [6.45, 7) is 2.62. The Morgan fingerprint density at radius 1 is 1.07 bits per heavy atom. The smallest absolute Gasteiger partial charge is 0.243 e. The summed E-state index contributed by atoms with van der Waals surface area (Å²) >= 11 is 0. The van der Waals surface area contributed by atoms with Crippen molar-refractivity contribution in [1.29, 1.82) is 0 Å². The topological polar surface area (TPSA) is 66.5 Å². The van der Waals surface area contributed by atoms with Crippen LogP contribution in [0.2, 0.25) is 0 Å². The van der Waals surface area contributed by atoms with E-state index in [0.29, 0.717) is 25.1 Å². The average molecular weight is 401 g/mol. The highest BCUT2D eigenvalue weighted by Gasteiger charge is 2.32. The second-order valence-electron chi connectivity index (χ2n) is 7.23. The summed E-state index contributed by atoms with van der Waals surface area (Å²) in [5.41, 5.74) is 1.73. The van der Waals surface area contributed by atoms with Gasteiger partial charge in [0.1, 0.15) is 0 Å². The first-order valence-corrected chi connectivity index (χ1v) is 11.4. The fraction of sp³-hybridized carbons (Fsp3) is 0.409. The molecule has 1 heterocycles. The number of carbonyl (C=O) groups is 1. The minimum atomic E-state index is -3.49. The third kappa shape index (κ3) is 5.00. The summed E-state index contributed by atoms with van der Waals surface area (Å²) in [6, 6.07) is 16.4. The molecule has 1 fully saturated rings. The van der Waals surface area contributed by atoms with E-state index in [9.17, 15) is 13.2 Å². The zero-order valence-electron chi connectivity index (χ0n) is 16.3. The number of aryl methyl sites for hydroxylation is 1. The number of anilines is 1. The van der Waals surface area contributed by atoms with Crippen LogP contribution in [0.1, 0.15) is 44.6 Å². The van der Waals surface area contributed by atoms with Gasteiger partial charge in [-0.2, -0.15) is 4.31 Å². The minimum absolute atomic E-state index is 0.0797. The Kier molecular flexibility index (Phi) is 6.86. The van der Waals surface area contributed by atoms with E-state index >= 15 is 0 Å². The lowest BCUT2D eigenvalue weighted by Crippen LogP contribution is -2.43. The zero-order chi connectivity index (χ0) is 20.0. The first kappa shape index (κ1) is 20.6. The number of benzene rings is 2. The van der Waals surface area contributed by atoms with Gasteiger partial charge >= 0.3 is 0 Å². The van der Waals surface area contributed by atoms with Gasteiger partial charge in [0, 0.05) is 24.7 Å². The molecule has 1 aliphatic rings. The van der Waals surface area contributed by atoms with Crippen molar-refractivity contribution in [1.82, 2.24) is 4.31 Å². The van der Waals surface area contributed by atoms with E-state index in [-0.39, 0.29) is 16.8 Å². The molecule has 0 aliphatic carbocycles. The maximum absolute atomic E-state index is 13.0. The number of nitrogens with zero attached hydrogens (tertiary/aromatic N) is 1. The molecule has 150 valence electrons. The molecule has 0 bridgehead atoms. The van der Waals surface area contributed by atoms with Crippen molar-refractivity contribution >= 4 is 21.6 Å². The van der Waals surface area contributed by atoms with Crippen LogP contribution >= 0.6 is 0 Å². The quantitative estimate of drug-likeness (QED) is 0.757. The van der Waals surface area contributed by atoms with Gasteiger partial charge in [0.25, 0.3) is 0 Å². The zero-order valence-corrected chi connectivity index (χ0v) is 17.1. The van der Waals surface area contributed by atoms with Crippen LogP contribution in [0.4, 0.5) is 5.69 Å². The van der Waals surface area contributed by atoms with Gasteiger partial charge in [-0.1, -0.05) is 43.7 Å². The third-order valence-corrected chi connectivity index (χ3v) is 7.24. The van der Waals surface area contributed by atoms with Gasteiger partial charge in [0.05, 0.1) is 4.90 Å². The first-order valence-electron chi connectivity index (χ1n) is 9.96. The van der Waals surface area contributed by atoms with Crippen LogP contribution in [0.15, 0.2) is 59.5 Å². The number of amides is 1. The van der Waals surface area contributed by atoms with Crippen molar-refractivity contribution in [2.45, 2.75) is 56.4 Å². The van der Waals surface area contributed by atoms with Gasteiger partial charge in [0.15, 0.2) is 0 Å². The van der Waals surface area contributed by atoms with Crippen LogP contribution in [-0.4, -0.2) is 31.2 Å². The van der Waals surface area contributed by atoms with E-state index < -0.39 is 10.0 Å². The monoisotopic (exact) mass is 400 g/mol. The van der Waals surface area contributed by atoms with Crippen molar-refractivity contribution in [2.75, 3.05) is 11.9 Å². The lowest BCUT2D eigenvalue weighted by Gasteiger charge is -2.34. The third-order valence-electron chi connectivity index (χ3n) is 5.27. The Balaban J connectivity index is 1.61. The number of hydrogen-bond donors (Lipinski definition) is 1. The lowest BCUT2D eigenvalue weighted by atomic mass is 10.0. The van der Waals surface area contributed by atoms with Crippen molar-refractivity contribution in [3.05, 3.63) is 60.2 Å². The maximum Gasteiger partial charge on any atom is 0.243 e. The highest BCUT2D eigenvalue weighted by Crippen LogP contribution is 2.27. The highest BCUT2D eigenvalue weighted by molar-refractivity contribution is 7.89. The van der Waals surface area contributed by atoms with Crippen molar-refractivity contribution in [2.24, 2.45) is 0 Å². The normalized spacial score (nSPS) is 18.0. The van der Waals surface area contributed by atoms with Gasteiger partial charge in [-0.05, 0) is 55.5 Å². The standard InChI is InChI=1S/C22H28N2O3S/c1-2-20-10-6-7-17-24(20)28(26,27)21-14-12-19(13-15-21)23-22(25)16-11-18-8-4-3-5-9-18/h3-5,8-9,12-15,20H,2,6-7,10-11,16-17H2,1H3,(H,23,25). The molecule has 0 aromatic heterocycles. The number of nitrogens with one attached hydrogen (secondary N) is 1. The molecule has 1 N–H and O–H groups in total. The molecule has 1 atom stereocenters. The van der Waals surface area contributed by atoms with Gasteiger partial charge in [0.2, 0.25) is 15.9 Å². The number of carbonyl (C=O) groups excluding carboxylic acids is 1. The van der Waals surface area contributed by atoms with E-state index in [0.717, 1.165) is 31.2 Å². The van der Waals surface area contributed by atoms with Crippen LogP contribution < -0.4 is 5.32 Å². The van der Waals surface area contributed by atoms with E-state index in [1.807, 2.05) is 37.3 Å². The molecule has 2 aromatic rings. The number of piperidine rings is 1. The molecule has 1 saturated heterocycles. The molecule has 1 unspecified atom stereocenters. The number of hydrogen-bond acceptors (Lipinski definition) is 3. The van der Waals surface area contributed by atoms with Crippen molar-refractivity contribution < 1.29 is 13.2 Å². The van der Waals surface area contributed by atoms with Crippen LogP contribution in [0, 0.1) is 0 Å². The van der Waals surface area contributed by atoms with Gasteiger partial charge in [-0.3, -0.25) is 4.79 Å². The lowest BCUT2D eigenvalue weighted by molar-refractivity contribution is -0.116. The average Bonchev–Trinajstić information content (AvgIpc) is 2.73. The van der Waals surface area contributed by atoms with Gasteiger partial charge < -0.3 is 5.32 Å². The Morgan fingerprint density at radius 2 is 1.79 bits per heavy atom. The Morgan fingerprint density at radius 3 is 2.46 bits per heavy atom. The maximum atomic E-state index is 13.0. The number of rotatable bonds is 7. The summed E-state index contributed by atoms with van der Waals surface area (Å²) in [7, 11) is -3.49. The summed E-state index contributed by atoms with van der Waals surface area (Å²) < 4.78 is 27.6. The van der Waals surface area contributed by atoms with Crippen molar-refractivity contribution in [3.8, 4) is 0 Å². The number of sulfonamides is 1. The SMILES string of the molecule is CCC1CCCCN1S(=O)(=O)c1ccc(NC(=O)CCc2ccccc2)cc1. The predicted molar refractivity (Wildman–Crippen MR) is 112 cm³/mol. The molecule has 0 saturated carbocycles. The molecule has 6 heteroatoms. The van der Waals surface area contributed by atoms with E-state index in [2.05, 4.69) is 5.32 Å². The molecule has 0 radical (unpaired) electrons. The molecule has 0 spiro atoms. The molecular weight excluding hydrogens is 372 g/mol. The molecule has 5 nitrogen and oxygen atoms in total. The molecular formula is C22H28N2O3S. The van der Waals surface area contributed by atoms with E-state index in [1.54, 1.807) is 28.6 Å². The van der Waals surface area contributed by atoms with Crippen molar-refractivity contribution in [3.63, 3.8) is 0 Å². The fourth-order valence-electron chi connectivity index (χ4n) is 3.67. The summed E-state index contributed by atoms with van der Waals surface area (Å²) in [5.74, 6) is -0.0819. The molecule has 3 rings (SSSR count). The Bertz CT molecular complexity index is 880. The van der Waals surface area contributed by atoms with E-state index in [4.69, 9.17) is 0 Å². The van der Waals surface area contributed by atoms with Crippen LogP contribution in [0.25, 0.3) is 0 Å². The second-order valence-corrected chi connectivity index (χ2v) is 9.12. The molecule has 2 aromatic carbocycles. The van der Waals surface area contributed by atoms with Gasteiger partial charge in [-0.15, -0.1) is 0 Å².